The molecule has 0 fully saturated rings. The highest BCUT2D eigenvalue weighted by Gasteiger charge is 2.11. The second kappa shape index (κ2) is 5.32. The number of anilines is 1. The number of esters is 1. The highest BCUT2D eigenvalue weighted by molar-refractivity contribution is 9.10. The van der Waals surface area contributed by atoms with Gasteiger partial charge in [-0.3, -0.25) is 4.79 Å². The summed E-state index contributed by atoms with van der Waals surface area (Å²) in [7, 11) is 3.10. The van der Waals surface area contributed by atoms with Gasteiger partial charge in [0.1, 0.15) is 12.4 Å². The van der Waals surface area contributed by atoms with Crippen LogP contribution in [0.5, 0.6) is 0 Å². The molecule has 0 spiro atoms. The lowest BCUT2D eigenvalue weighted by molar-refractivity contribution is -0.138. The number of carbonyl (C=O) groups is 1. The summed E-state index contributed by atoms with van der Waals surface area (Å²) in [5.74, 6) is 0.325. The first-order valence-corrected chi connectivity index (χ1v) is 5.30. The monoisotopic (exact) mass is 292 g/mol. The third-order valence-electron chi connectivity index (χ3n) is 1.74. The summed E-state index contributed by atoms with van der Waals surface area (Å²) in [6, 6.07) is 1.72. The second-order valence-corrected chi connectivity index (χ2v) is 4.18. The van der Waals surface area contributed by atoms with Gasteiger partial charge in [0, 0.05) is 13.2 Å². The molecule has 1 aromatic rings. The van der Waals surface area contributed by atoms with Crippen molar-refractivity contribution >= 4 is 39.3 Å². The van der Waals surface area contributed by atoms with E-state index >= 15 is 0 Å². The number of pyridine rings is 1. The lowest BCUT2D eigenvalue weighted by Crippen LogP contribution is -2.27. The lowest BCUT2D eigenvalue weighted by atomic mass is 10.4. The molecule has 15 heavy (non-hydrogen) atoms. The number of likely N-dealkylation sites (N-methyl/N-ethyl adjacent to an activating group) is 1. The zero-order chi connectivity index (χ0) is 11.4. The number of hydrogen-bond acceptors (Lipinski definition) is 4. The van der Waals surface area contributed by atoms with Gasteiger partial charge in [-0.2, -0.15) is 0 Å². The molecule has 0 saturated carbocycles. The van der Waals surface area contributed by atoms with Gasteiger partial charge in [0.15, 0.2) is 0 Å². The van der Waals surface area contributed by atoms with Crippen molar-refractivity contribution in [3.8, 4) is 0 Å². The third kappa shape index (κ3) is 3.35. The van der Waals surface area contributed by atoms with E-state index in [0.29, 0.717) is 10.8 Å². The van der Waals surface area contributed by atoms with Crippen molar-refractivity contribution in [1.82, 2.24) is 4.98 Å². The van der Waals surface area contributed by atoms with Gasteiger partial charge in [-0.1, -0.05) is 11.6 Å². The zero-order valence-electron chi connectivity index (χ0n) is 8.33. The molecule has 1 heterocycles. The molecule has 4 nitrogen and oxygen atoms in total. The van der Waals surface area contributed by atoms with Crippen LogP contribution in [0, 0.1) is 0 Å². The van der Waals surface area contributed by atoms with Crippen molar-refractivity contribution in [2.24, 2.45) is 0 Å². The minimum atomic E-state index is -0.318. The Morgan fingerprint density at radius 3 is 2.93 bits per heavy atom. The fourth-order valence-corrected chi connectivity index (χ4v) is 1.96. The van der Waals surface area contributed by atoms with Crippen molar-refractivity contribution in [1.29, 1.82) is 0 Å². The predicted molar refractivity (Wildman–Crippen MR) is 62.2 cm³/mol. The van der Waals surface area contributed by atoms with Gasteiger partial charge >= 0.3 is 5.97 Å². The van der Waals surface area contributed by atoms with E-state index in [1.165, 1.54) is 13.3 Å². The van der Waals surface area contributed by atoms with Crippen LogP contribution in [0.25, 0.3) is 0 Å². The number of ether oxygens (including phenoxy) is 1. The minimum absolute atomic E-state index is 0.143. The Kier molecular flexibility index (Phi) is 4.35. The summed E-state index contributed by atoms with van der Waals surface area (Å²) in [4.78, 5) is 16.8. The molecule has 0 aliphatic carbocycles. The van der Waals surface area contributed by atoms with Crippen LogP contribution in [0.3, 0.4) is 0 Å². The van der Waals surface area contributed by atoms with E-state index in [0.717, 1.165) is 4.47 Å². The Labute approximate surface area is 101 Å². The van der Waals surface area contributed by atoms with E-state index < -0.39 is 0 Å². The molecule has 0 bridgehead atoms. The quantitative estimate of drug-likeness (QED) is 0.801. The molecule has 0 N–H and O–H groups in total. The summed E-state index contributed by atoms with van der Waals surface area (Å²) in [5.41, 5.74) is 0. The van der Waals surface area contributed by atoms with E-state index in [9.17, 15) is 4.79 Å². The predicted octanol–water partition coefficient (Wildman–Crippen LogP) is 2.11. The van der Waals surface area contributed by atoms with Crippen molar-refractivity contribution in [2.45, 2.75) is 0 Å². The molecule has 82 valence electrons. The van der Waals surface area contributed by atoms with Crippen LogP contribution in [0.2, 0.25) is 5.02 Å². The number of hydrogen-bond donors (Lipinski definition) is 0. The van der Waals surface area contributed by atoms with Gasteiger partial charge in [-0.15, -0.1) is 0 Å². The van der Waals surface area contributed by atoms with Crippen LogP contribution in [-0.2, 0) is 9.53 Å². The van der Waals surface area contributed by atoms with Gasteiger partial charge in [0.2, 0.25) is 0 Å². The molecule has 0 radical (unpaired) electrons. The summed E-state index contributed by atoms with van der Waals surface area (Å²) < 4.78 is 5.29. The summed E-state index contributed by atoms with van der Waals surface area (Å²) in [6.07, 6.45) is 1.52. The fourth-order valence-electron chi connectivity index (χ4n) is 1.02. The first kappa shape index (κ1) is 12.3. The highest BCUT2D eigenvalue weighted by Crippen LogP contribution is 2.25. The molecule has 0 aliphatic rings. The van der Waals surface area contributed by atoms with Crippen LogP contribution in [-0.4, -0.2) is 31.7 Å². The van der Waals surface area contributed by atoms with Crippen LogP contribution in [0.15, 0.2) is 16.7 Å². The van der Waals surface area contributed by atoms with Gasteiger partial charge in [0.25, 0.3) is 0 Å². The first-order valence-electron chi connectivity index (χ1n) is 4.13. The fraction of sp³-hybridized carbons (Fsp3) is 0.333. The number of nitrogens with zero attached hydrogens (tertiary/aromatic N) is 2. The first-order chi connectivity index (χ1) is 7.04. The van der Waals surface area contributed by atoms with E-state index in [1.54, 1.807) is 18.0 Å². The Balaban J connectivity index is 2.82. The lowest BCUT2D eigenvalue weighted by Gasteiger charge is -2.17. The van der Waals surface area contributed by atoms with E-state index in [4.69, 9.17) is 11.6 Å². The molecular weight excluding hydrogens is 283 g/mol. The number of methoxy groups -OCH3 is 1. The maximum atomic E-state index is 11.0. The maximum Gasteiger partial charge on any atom is 0.325 e. The molecule has 0 amide bonds. The molecule has 0 aromatic carbocycles. The Morgan fingerprint density at radius 1 is 1.73 bits per heavy atom. The normalized spacial score (nSPS) is 9.87. The molecule has 0 atom stereocenters. The summed E-state index contributed by atoms with van der Waals surface area (Å²) >= 11 is 9.07. The Hall–Kier alpha value is -0.810. The number of aromatic nitrogens is 1. The van der Waals surface area contributed by atoms with Crippen LogP contribution < -0.4 is 4.90 Å². The van der Waals surface area contributed by atoms with Gasteiger partial charge in [0.05, 0.1) is 16.6 Å². The average molecular weight is 294 g/mol. The van der Waals surface area contributed by atoms with Crippen LogP contribution in [0.1, 0.15) is 0 Å². The summed E-state index contributed by atoms with van der Waals surface area (Å²) in [5, 5.41) is 0.539. The van der Waals surface area contributed by atoms with Crippen molar-refractivity contribution in [3.63, 3.8) is 0 Å². The third-order valence-corrected chi connectivity index (χ3v) is 2.53. The maximum absolute atomic E-state index is 11.0. The number of rotatable bonds is 3. The van der Waals surface area contributed by atoms with Crippen molar-refractivity contribution in [3.05, 3.63) is 21.8 Å². The van der Waals surface area contributed by atoms with Crippen molar-refractivity contribution < 1.29 is 9.53 Å². The van der Waals surface area contributed by atoms with Gasteiger partial charge in [-0.25, -0.2) is 4.98 Å². The molecule has 0 unspecified atom stereocenters. The summed E-state index contributed by atoms with van der Waals surface area (Å²) in [6.45, 7) is 0.143. The van der Waals surface area contributed by atoms with Gasteiger partial charge in [-0.05, 0) is 22.0 Å². The molecular formula is C9H10BrClN2O2. The van der Waals surface area contributed by atoms with Crippen LogP contribution in [0.4, 0.5) is 5.82 Å². The number of carbonyl (C=O) groups excluding carboxylic acids is 1. The number of halogens is 2. The largest absolute Gasteiger partial charge is 0.468 e. The second-order valence-electron chi connectivity index (χ2n) is 2.89. The van der Waals surface area contributed by atoms with E-state index in [-0.39, 0.29) is 12.5 Å². The highest BCUT2D eigenvalue weighted by atomic mass is 79.9. The Bertz CT molecular complexity index is 373. The molecule has 1 rings (SSSR count). The smallest absolute Gasteiger partial charge is 0.325 e. The molecule has 6 heteroatoms. The molecule has 0 aliphatic heterocycles. The topological polar surface area (TPSA) is 42.4 Å². The van der Waals surface area contributed by atoms with E-state index in [1.807, 2.05) is 0 Å². The zero-order valence-corrected chi connectivity index (χ0v) is 10.7. The van der Waals surface area contributed by atoms with Crippen LogP contribution >= 0.6 is 27.5 Å². The average Bonchev–Trinajstić information content (AvgIpc) is 2.17. The molecule has 0 saturated heterocycles. The van der Waals surface area contributed by atoms with Gasteiger partial charge < -0.3 is 9.64 Å². The Morgan fingerprint density at radius 2 is 2.40 bits per heavy atom. The molecule has 1 aromatic heterocycles. The standard InChI is InChI=1S/C9H10BrClN2O2/c1-13(5-8(14)15-2)9-7(10)3-6(11)4-12-9/h3-4H,5H2,1-2H3. The van der Waals surface area contributed by atoms with Crippen molar-refractivity contribution in [2.75, 3.05) is 25.6 Å². The van der Waals surface area contributed by atoms with E-state index in [2.05, 4.69) is 25.7 Å². The SMILES string of the molecule is COC(=O)CN(C)c1ncc(Cl)cc1Br. The minimum Gasteiger partial charge on any atom is -0.468 e.